The Morgan fingerprint density at radius 2 is 2.19 bits per heavy atom. The standard InChI is InChI=1S/C14H16F3NO3/c1-14(12(19)20)5-10(6-14)18-7-8-4-9(15)2-3-11(8)21-13(16)17/h2-4,10,13,18H,5-7H2,1H3,(H,19,20). The van der Waals surface area contributed by atoms with E-state index in [1.165, 1.54) is 0 Å². The van der Waals surface area contributed by atoms with Crippen LogP contribution in [0, 0.1) is 11.2 Å². The van der Waals surface area contributed by atoms with Gasteiger partial charge in [0.05, 0.1) is 5.41 Å². The molecule has 0 radical (unpaired) electrons. The smallest absolute Gasteiger partial charge is 0.387 e. The highest BCUT2D eigenvalue weighted by Crippen LogP contribution is 2.41. The Bertz CT molecular complexity index is 530. The number of aliphatic carboxylic acids is 1. The third-order valence-electron chi connectivity index (χ3n) is 3.73. The fraction of sp³-hybridized carbons (Fsp3) is 0.500. The van der Waals surface area contributed by atoms with Crippen molar-refractivity contribution in [2.45, 2.75) is 39.0 Å². The van der Waals surface area contributed by atoms with E-state index in [-0.39, 0.29) is 23.9 Å². The van der Waals surface area contributed by atoms with Gasteiger partial charge in [0.15, 0.2) is 0 Å². The van der Waals surface area contributed by atoms with Crippen molar-refractivity contribution in [1.82, 2.24) is 5.32 Å². The van der Waals surface area contributed by atoms with Crippen molar-refractivity contribution in [3.63, 3.8) is 0 Å². The molecule has 2 rings (SSSR count). The van der Waals surface area contributed by atoms with Gasteiger partial charge in [-0.15, -0.1) is 0 Å². The molecule has 1 aliphatic rings. The molecule has 0 saturated heterocycles. The molecule has 0 heterocycles. The topological polar surface area (TPSA) is 58.6 Å². The van der Waals surface area contributed by atoms with Gasteiger partial charge in [0.1, 0.15) is 11.6 Å². The highest BCUT2D eigenvalue weighted by atomic mass is 19.3. The van der Waals surface area contributed by atoms with Gasteiger partial charge in [-0.2, -0.15) is 8.78 Å². The van der Waals surface area contributed by atoms with E-state index in [1.54, 1.807) is 6.92 Å². The highest BCUT2D eigenvalue weighted by Gasteiger charge is 2.46. The highest BCUT2D eigenvalue weighted by molar-refractivity contribution is 5.75. The summed E-state index contributed by atoms with van der Waals surface area (Å²) < 4.78 is 42.0. The van der Waals surface area contributed by atoms with Gasteiger partial charge in [0.2, 0.25) is 0 Å². The molecule has 0 unspecified atom stereocenters. The molecule has 0 spiro atoms. The first-order chi connectivity index (χ1) is 9.80. The molecule has 0 atom stereocenters. The molecular weight excluding hydrogens is 287 g/mol. The Morgan fingerprint density at radius 1 is 1.52 bits per heavy atom. The Balaban J connectivity index is 1.95. The molecule has 4 nitrogen and oxygen atoms in total. The summed E-state index contributed by atoms with van der Waals surface area (Å²) >= 11 is 0. The van der Waals surface area contributed by atoms with Crippen LogP contribution in [-0.4, -0.2) is 23.7 Å². The summed E-state index contributed by atoms with van der Waals surface area (Å²) in [5.41, 5.74) is -0.471. The van der Waals surface area contributed by atoms with Crippen LogP contribution in [-0.2, 0) is 11.3 Å². The molecule has 2 N–H and O–H groups in total. The van der Waals surface area contributed by atoms with Crippen LogP contribution in [0.4, 0.5) is 13.2 Å². The van der Waals surface area contributed by atoms with E-state index in [4.69, 9.17) is 5.11 Å². The molecule has 0 bridgehead atoms. The van der Waals surface area contributed by atoms with Crippen molar-refractivity contribution < 1.29 is 27.8 Å². The van der Waals surface area contributed by atoms with Crippen LogP contribution < -0.4 is 10.1 Å². The molecule has 0 amide bonds. The first-order valence-electron chi connectivity index (χ1n) is 6.50. The van der Waals surface area contributed by atoms with Crippen LogP contribution in [0.3, 0.4) is 0 Å². The molecule has 21 heavy (non-hydrogen) atoms. The summed E-state index contributed by atoms with van der Waals surface area (Å²) in [5, 5.41) is 12.0. The molecule has 0 aromatic heterocycles. The Hall–Kier alpha value is -1.76. The van der Waals surface area contributed by atoms with Gasteiger partial charge in [0, 0.05) is 18.2 Å². The van der Waals surface area contributed by atoms with E-state index in [0.717, 1.165) is 18.2 Å². The lowest BCUT2D eigenvalue weighted by molar-refractivity contribution is -0.154. The first-order valence-corrected chi connectivity index (χ1v) is 6.50. The summed E-state index contributed by atoms with van der Waals surface area (Å²) in [6, 6.07) is 3.29. The maximum Gasteiger partial charge on any atom is 0.387 e. The van der Waals surface area contributed by atoms with Crippen molar-refractivity contribution in [3.05, 3.63) is 29.6 Å². The zero-order valence-corrected chi connectivity index (χ0v) is 11.4. The van der Waals surface area contributed by atoms with Crippen LogP contribution in [0.5, 0.6) is 5.75 Å². The monoisotopic (exact) mass is 303 g/mol. The molecule has 1 aliphatic carbocycles. The molecule has 7 heteroatoms. The SMILES string of the molecule is CC1(C(=O)O)CC(NCc2cc(F)ccc2OC(F)F)C1. The lowest BCUT2D eigenvalue weighted by atomic mass is 9.67. The average molecular weight is 303 g/mol. The lowest BCUT2D eigenvalue weighted by Crippen LogP contribution is -2.51. The number of hydrogen-bond acceptors (Lipinski definition) is 3. The average Bonchev–Trinajstić information content (AvgIpc) is 2.35. The van der Waals surface area contributed by atoms with Gasteiger partial charge < -0.3 is 15.2 Å². The van der Waals surface area contributed by atoms with Crippen molar-refractivity contribution in [2.24, 2.45) is 5.41 Å². The van der Waals surface area contributed by atoms with Gasteiger partial charge in [-0.25, -0.2) is 4.39 Å². The maximum absolute atomic E-state index is 13.2. The number of carboxylic acids is 1. The summed E-state index contributed by atoms with van der Waals surface area (Å²) in [5.74, 6) is -1.48. The van der Waals surface area contributed by atoms with Crippen molar-refractivity contribution >= 4 is 5.97 Å². The zero-order chi connectivity index (χ0) is 15.6. The molecule has 1 aromatic rings. The van der Waals surface area contributed by atoms with Crippen LogP contribution in [0.2, 0.25) is 0 Å². The summed E-state index contributed by atoms with van der Waals surface area (Å²) in [4.78, 5) is 11.0. The number of carbonyl (C=O) groups is 1. The quantitative estimate of drug-likeness (QED) is 0.848. The van der Waals surface area contributed by atoms with Gasteiger partial charge in [-0.05, 0) is 38.0 Å². The van der Waals surface area contributed by atoms with Crippen LogP contribution in [0.15, 0.2) is 18.2 Å². The van der Waals surface area contributed by atoms with Gasteiger partial charge in [-0.1, -0.05) is 0 Å². The first kappa shape index (κ1) is 15.6. The van der Waals surface area contributed by atoms with E-state index < -0.39 is 23.8 Å². The Kier molecular flexibility index (Phi) is 4.41. The van der Waals surface area contributed by atoms with Crippen LogP contribution in [0.25, 0.3) is 0 Å². The van der Waals surface area contributed by atoms with Crippen molar-refractivity contribution in [2.75, 3.05) is 0 Å². The normalized spacial score (nSPS) is 24.7. The molecule has 1 aromatic carbocycles. The second kappa shape index (κ2) is 5.93. The maximum atomic E-state index is 13.2. The summed E-state index contributed by atoms with van der Waals surface area (Å²) in [6.45, 7) is -1.19. The van der Waals surface area contributed by atoms with Crippen LogP contribution in [0.1, 0.15) is 25.3 Å². The van der Waals surface area contributed by atoms with E-state index in [9.17, 15) is 18.0 Å². The van der Waals surface area contributed by atoms with Crippen molar-refractivity contribution in [3.8, 4) is 5.75 Å². The van der Waals surface area contributed by atoms with E-state index in [2.05, 4.69) is 10.1 Å². The van der Waals surface area contributed by atoms with E-state index in [1.807, 2.05) is 0 Å². The molecule has 1 fully saturated rings. The molecule has 1 saturated carbocycles. The van der Waals surface area contributed by atoms with E-state index >= 15 is 0 Å². The Labute approximate surface area is 119 Å². The number of carboxylic acid groups (broad SMARTS) is 1. The minimum atomic E-state index is -2.98. The number of alkyl halides is 2. The lowest BCUT2D eigenvalue weighted by Gasteiger charge is -2.42. The number of halogens is 3. The van der Waals surface area contributed by atoms with E-state index in [0.29, 0.717) is 12.8 Å². The predicted octanol–water partition coefficient (Wildman–Crippen LogP) is 2.77. The Morgan fingerprint density at radius 3 is 2.76 bits per heavy atom. The second-order valence-corrected chi connectivity index (χ2v) is 5.48. The predicted molar refractivity (Wildman–Crippen MR) is 68.6 cm³/mol. The van der Waals surface area contributed by atoms with Gasteiger partial charge in [-0.3, -0.25) is 4.79 Å². The molecule has 0 aliphatic heterocycles. The van der Waals surface area contributed by atoms with Gasteiger partial charge >= 0.3 is 12.6 Å². The fourth-order valence-electron chi connectivity index (χ4n) is 2.50. The largest absolute Gasteiger partial charge is 0.481 e. The number of rotatable bonds is 6. The minimum absolute atomic E-state index is 0.0335. The number of benzene rings is 1. The van der Waals surface area contributed by atoms with Crippen molar-refractivity contribution in [1.29, 1.82) is 0 Å². The van der Waals surface area contributed by atoms with Crippen LogP contribution >= 0.6 is 0 Å². The number of hydrogen-bond donors (Lipinski definition) is 2. The fourth-order valence-corrected chi connectivity index (χ4v) is 2.50. The number of nitrogens with one attached hydrogen (secondary N) is 1. The summed E-state index contributed by atoms with van der Waals surface area (Å²) in [6.07, 6.45) is 0.894. The zero-order valence-electron chi connectivity index (χ0n) is 11.4. The molecular formula is C14H16F3NO3. The third-order valence-corrected chi connectivity index (χ3v) is 3.73. The minimum Gasteiger partial charge on any atom is -0.481 e. The molecule has 116 valence electrons. The second-order valence-electron chi connectivity index (χ2n) is 5.48. The third kappa shape index (κ3) is 3.66. The summed E-state index contributed by atoms with van der Waals surface area (Å²) in [7, 11) is 0. The number of ether oxygens (including phenoxy) is 1. The van der Waals surface area contributed by atoms with Gasteiger partial charge in [0.25, 0.3) is 0 Å².